The van der Waals surface area contributed by atoms with Gasteiger partial charge in [-0.1, -0.05) is 291 Å². The minimum atomic E-state index is 0.413. The number of benzene rings is 16. The van der Waals surface area contributed by atoms with E-state index in [9.17, 15) is 6.57 Å². The molecule has 0 saturated carbocycles. The monoisotopic (exact) mass is 1380 g/mol. The maximum absolute atomic E-state index is 10.5. The van der Waals surface area contributed by atoms with Crippen molar-refractivity contribution in [2.75, 3.05) is 0 Å². The average molecular weight is 1380 g/mol. The Morgan fingerprint density at radius 2 is 0.491 bits per heavy atom. The number of para-hydroxylation sites is 1. The molecule has 0 atom stereocenters. The van der Waals surface area contributed by atoms with Crippen LogP contribution in [0.2, 0.25) is 0 Å². The number of fused-ring (bicyclic) bond motifs is 12. The first-order chi connectivity index (χ1) is 53.5. The molecule has 21 aromatic rings. The highest BCUT2D eigenvalue weighted by Gasteiger charge is 2.34. The molecule has 16 aromatic carbocycles. The molecule has 0 amide bonds. The van der Waals surface area contributed by atoms with Gasteiger partial charge in [0.1, 0.15) is 11.3 Å². The lowest BCUT2D eigenvalue weighted by atomic mass is 10.0. The van der Waals surface area contributed by atoms with Crippen molar-refractivity contribution >= 4 is 93.0 Å². The van der Waals surface area contributed by atoms with Crippen molar-refractivity contribution in [3.63, 3.8) is 0 Å². The van der Waals surface area contributed by atoms with E-state index < -0.39 is 0 Å². The summed E-state index contributed by atoms with van der Waals surface area (Å²) in [7, 11) is 0. The van der Waals surface area contributed by atoms with Crippen molar-refractivity contribution < 1.29 is 4.42 Å². The van der Waals surface area contributed by atoms with Crippen LogP contribution in [0, 0.1) is 6.57 Å². The second-order valence-corrected chi connectivity index (χ2v) is 27.6. The summed E-state index contributed by atoms with van der Waals surface area (Å²) in [4.78, 5) is 21.2. The van der Waals surface area contributed by atoms with Gasteiger partial charge in [-0.25, -0.2) is 19.8 Å². The number of aromatic nitrogens is 6. The summed E-state index contributed by atoms with van der Waals surface area (Å²) in [5, 5.41) is 7.70. The van der Waals surface area contributed by atoms with E-state index in [1.165, 1.54) is 0 Å². The van der Waals surface area contributed by atoms with Gasteiger partial charge >= 0.3 is 0 Å². The second-order valence-electron chi connectivity index (χ2n) is 27.6. The Kier molecular flexibility index (Phi) is 14.5. The summed E-state index contributed by atoms with van der Waals surface area (Å²) in [6, 6.07) is 131. The summed E-state index contributed by atoms with van der Waals surface area (Å²) in [5.74, 6) is 1.48. The van der Waals surface area contributed by atoms with E-state index in [0.717, 1.165) is 154 Å². The van der Waals surface area contributed by atoms with Crippen molar-refractivity contribution in [2.24, 2.45) is 0 Å². The molecule has 0 fully saturated rings. The molecule has 5 heterocycles. The van der Waals surface area contributed by atoms with Gasteiger partial charge in [0.25, 0.3) is 0 Å². The minimum Gasteiger partial charge on any atom is -0.453 e. The lowest BCUT2D eigenvalue weighted by Crippen LogP contribution is -2.08. The number of furan rings is 1. The molecule has 0 aliphatic rings. The predicted octanol–water partition coefficient (Wildman–Crippen LogP) is 26.6. The molecular formula is C100H61N7O. The highest BCUT2D eigenvalue weighted by atomic mass is 16.3. The van der Waals surface area contributed by atoms with Crippen LogP contribution >= 0.6 is 0 Å². The summed E-state index contributed by atoms with van der Waals surface area (Å²) < 4.78 is 15.4. The Bertz CT molecular complexity index is 6840. The summed E-state index contributed by atoms with van der Waals surface area (Å²) >= 11 is 0. The van der Waals surface area contributed by atoms with Gasteiger partial charge in [0.05, 0.1) is 56.6 Å². The topological polar surface area (TPSA) is 71.0 Å². The van der Waals surface area contributed by atoms with E-state index >= 15 is 0 Å². The molecule has 502 valence electrons. The Labute approximate surface area is 621 Å². The number of nitrogens with zero attached hydrogens (tertiary/aromatic N) is 7. The highest BCUT2D eigenvalue weighted by Crippen LogP contribution is 2.55. The maximum atomic E-state index is 10.5. The average Bonchev–Trinajstić information content (AvgIpc) is 1.51. The second kappa shape index (κ2) is 25.3. The first-order valence-electron chi connectivity index (χ1n) is 36.4. The van der Waals surface area contributed by atoms with Crippen LogP contribution in [-0.4, -0.2) is 28.7 Å². The Morgan fingerprint density at radius 3 is 0.787 bits per heavy atom. The summed E-state index contributed by atoms with van der Waals surface area (Å²) in [6.07, 6.45) is 0. The molecule has 8 nitrogen and oxygen atoms in total. The molecule has 0 aliphatic carbocycles. The van der Waals surface area contributed by atoms with Gasteiger partial charge in [0.15, 0.2) is 23.1 Å². The van der Waals surface area contributed by atoms with E-state index in [0.29, 0.717) is 57.0 Å². The van der Waals surface area contributed by atoms with Crippen molar-refractivity contribution in [1.29, 1.82) is 0 Å². The van der Waals surface area contributed by atoms with Crippen LogP contribution < -0.4 is 0 Å². The van der Waals surface area contributed by atoms with Crippen LogP contribution in [-0.2, 0) is 0 Å². The molecule has 0 unspecified atom stereocenters. The van der Waals surface area contributed by atoms with Crippen molar-refractivity contribution in [2.45, 2.75) is 0 Å². The minimum absolute atomic E-state index is 0.413. The Hall–Kier alpha value is -14.8. The molecule has 5 aromatic heterocycles. The Balaban J connectivity index is 0.983. The summed E-state index contributed by atoms with van der Waals surface area (Å²) in [6.45, 7) is 10.5. The zero-order valence-electron chi connectivity index (χ0n) is 58.3. The van der Waals surface area contributed by atoms with E-state index in [2.05, 4.69) is 323 Å². The summed E-state index contributed by atoms with van der Waals surface area (Å²) in [5.41, 5.74) is 24.4. The lowest BCUT2D eigenvalue weighted by molar-refractivity contribution is 0.666. The SMILES string of the molecule is [C-]#[N+]c1c(-n2c3ccc(-c4ccccc4)cc3c3cc(-c4ccccc4)ccc32)c(-n2c3ccc(-c4ccccc4)cc3c3cc(-c4ccccc4)ccc32)c2oc3c(-c4nc(-c5ccccc5)nc(-c5ccccc5)n4)cccc3c2c1-n1c2ccc(-c3ccccc3)cc2c2cc(-c3ccccc3)ccc21. The first kappa shape index (κ1) is 61.8. The van der Waals surface area contributed by atoms with Crippen molar-refractivity contribution in [1.82, 2.24) is 28.7 Å². The third-order valence-electron chi connectivity index (χ3n) is 21.5. The van der Waals surface area contributed by atoms with Gasteiger partial charge in [-0.2, -0.15) is 0 Å². The fraction of sp³-hybridized carbons (Fsp3) is 0. The van der Waals surface area contributed by atoms with Gasteiger partial charge in [0, 0.05) is 54.2 Å². The van der Waals surface area contributed by atoms with E-state index in [-0.39, 0.29) is 0 Å². The number of hydrogen-bond acceptors (Lipinski definition) is 4. The maximum Gasteiger partial charge on any atom is 0.236 e. The molecule has 0 saturated heterocycles. The van der Waals surface area contributed by atoms with Crippen molar-refractivity contribution in [3.8, 4) is 118 Å². The van der Waals surface area contributed by atoms with Gasteiger partial charge < -0.3 is 18.1 Å². The third-order valence-corrected chi connectivity index (χ3v) is 21.5. The van der Waals surface area contributed by atoms with Gasteiger partial charge in [-0.05, 0) is 146 Å². The van der Waals surface area contributed by atoms with Crippen LogP contribution in [0.3, 0.4) is 0 Å². The smallest absolute Gasteiger partial charge is 0.236 e. The Morgan fingerprint density at radius 1 is 0.222 bits per heavy atom. The van der Waals surface area contributed by atoms with Gasteiger partial charge in [-0.3, -0.25) is 0 Å². The zero-order chi connectivity index (χ0) is 71.3. The molecule has 0 aliphatic heterocycles. The number of rotatable bonds is 12. The quantitative estimate of drug-likeness (QED) is 0.114. The first-order valence-corrected chi connectivity index (χ1v) is 36.4. The van der Waals surface area contributed by atoms with Crippen molar-refractivity contribution in [3.05, 3.63) is 381 Å². The zero-order valence-corrected chi connectivity index (χ0v) is 58.3. The molecule has 0 bridgehead atoms. The molecular weight excluding hydrogens is 1320 g/mol. The molecule has 108 heavy (non-hydrogen) atoms. The molecule has 0 N–H and O–H groups in total. The van der Waals surface area contributed by atoms with Crippen LogP contribution in [0.25, 0.3) is 210 Å². The fourth-order valence-corrected chi connectivity index (χ4v) is 16.5. The third kappa shape index (κ3) is 10.1. The number of hydrogen-bond donors (Lipinski definition) is 0. The van der Waals surface area contributed by atoms with E-state index in [1.54, 1.807) is 0 Å². The van der Waals surface area contributed by atoms with Crippen LogP contribution in [0.5, 0.6) is 0 Å². The molecule has 8 heteroatoms. The lowest BCUT2D eigenvalue weighted by Gasteiger charge is -2.23. The van der Waals surface area contributed by atoms with Crippen LogP contribution in [0.4, 0.5) is 5.69 Å². The predicted molar refractivity (Wildman–Crippen MR) is 445 cm³/mol. The molecule has 21 rings (SSSR count). The van der Waals surface area contributed by atoms with Crippen LogP contribution in [0.15, 0.2) is 374 Å². The molecule has 0 radical (unpaired) electrons. The van der Waals surface area contributed by atoms with E-state index in [4.69, 9.17) is 24.2 Å². The standard InChI is InChI=1S/C100H61N7O/c1-101-92-93(105-85-51-45-71(63-27-10-2-11-28-63)57-79(85)80-58-72(46-52-86(80)105)64-29-12-3-13-30-64)91-77-43-26-44-78(100-103-98(69-39-22-8-23-40-69)102-99(104-100)70-41-24-9-25-42-70)96(77)108-97(91)95(107-89-55-49-75(67-35-18-6-19-36-67)61-83(89)84-62-76(50-56-90(84)107)68-37-20-7-21-38-68)94(92)106-87-53-47-73(65-31-14-4-15-32-65)59-81(87)82-60-74(48-54-88(82)106)66-33-16-5-17-34-66/h2-62H. The largest absolute Gasteiger partial charge is 0.453 e. The van der Waals surface area contributed by atoms with Gasteiger partial charge in [-0.15, -0.1) is 0 Å². The normalized spacial score (nSPS) is 11.7. The van der Waals surface area contributed by atoms with Crippen LogP contribution in [0.1, 0.15) is 0 Å². The highest BCUT2D eigenvalue weighted by molar-refractivity contribution is 6.25. The van der Waals surface area contributed by atoms with Gasteiger partial charge in [0.2, 0.25) is 5.69 Å². The van der Waals surface area contributed by atoms with E-state index in [1.807, 2.05) is 60.7 Å². The molecule has 0 spiro atoms. The fourth-order valence-electron chi connectivity index (χ4n) is 16.5.